The lowest BCUT2D eigenvalue weighted by atomic mass is 9.84. The predicted molar refractivity (Wildman–Crippen MR) is 192 cm³/mol. The van der Waals surface area contributed by atoms with Gasteiger partial charge in [0.25, 0.3) is 0 Å². The highest BCUT2D eigenvalue weighted by Crippen LogP contribution is 2.43. The van der Waals surface area contributed by atoms with Crippen LogP contribution in [-0.4, -0.2) is 89.3 Å². The molecule has 0 saturated carbocycles. The van der Waals surface area contributed by atoms with Crippen LogP contribution in [0.1, 0.15) is 67.3 Å². The van der Waals surface area contributed by atoms with Gasteiger partial charge >= 0.3 is 12.1 Å². The second-order valence-electron chi connectivity index (χ2n) is 14.7. The molecule has 1 spiro atoms. The van der Waals surface area contributed by atoms with Gasteiger partial charge in [0.05, 0.1) is 25.5 Å². The second-order valence-corrected chi connectivity index (χ2v) is 14.7. The highest BCUT2D eigenvalue weighted by molar-refractivity contribution is 5.93. The number of aliphatic hydroxyl groups is 1. The standard InChI is InChI=1S/C40H46F3N5O6/c1-26-33(23-46-20-17-39(18-21-46)37(51)45-25-48(39)31-6-3-2-4-7-31)53-36(54-34(26)29-13-11-28(24-49)12-14-29)30-15-9-27(10-16-30)22-44-35(50)32-8-5-19-47(32)38(52)40(41,42)43/h2-4,6-7,9-16,26,32-34,36,49H,5,8,17-25H2,1H3,(H,44,50)(H,45,51)/t26-,32-,33+,34+,36+/m0/s1. The lowest BCUT2D eigenvalue weighted by Gasteiger charge is -2.46. The van der Waals surface area contributed by atoms with Crippen molar-refractivity contribution in [3.05, 3.63) is 101 Å². The molecule has 4 heterocycles. The quantitative estimate of drug-likeness (QED) is 0.291. The zero-order valence-corrected chi connectivity index (χ0v) is 30.1. The molecule has 3 amide bonds. The summed E-state index contributed by atoms with van der Waals surface area (Å²) < 4.78 is 52.5. The summed E-state index contributed by atoms with van der Waals surface area (Å²) in [6.45, 7) is 4.56. The maximum atomic E-state index is 13.3. The molecular weight excluding hydrogens is 703 g/mol. The first kappa shape index (κ1) is 37.8. The first-order chi connectivity index (χ1) is 26.0. The van der Waals surface area contributed by atoms with Gasteiger partial charge in [0.1, 0.15) is 11.6 Å². The highest BCUT2D eigenvalue weighted by Gasteiger charge is 2.51. The van der Waals surface area contributed by atoms with Crippen molar-refractivity contribution in [3.63, 3.8) is 0 Å². The third kappa shape index (κ3) is 7.70. The van der Waals surface area contributed by atoms with E-state index in [1.807, 2.05) is 78.9 Å². The van der Waals surface area contributed by atoms with Crippen molar-refractivity contribution < 1.29 is 42.1 Å². The minimum atomic E-state index is -5.03. The molecule has 3 aromatic rings. The molecule has 0 aliphatic carbocycles. The van der Waals surface area contributed by atoms with E-state index in [4.69, 9.17) is 9.47 Å². The number of carbonyl (C=O) groups is 3. The molecule has 4 saturated heterocycles. The van der Waals surface area contributed by atoms with Gasteiger partial charge < -0.3 is 39.9 Å². The summed E-state index contributed by atoms with van der Waals surface area (Å²) >= 11 is 0. The summed E-state index contributed by atoms with van der Waals surface area (Å²) in [6.07, 6.45) is -4.45. The Bertz CT molecular complexity index is 1790. The Morgan fingerprint density at radius 1 is 0.926 bits per heavy atom. The van der Waals surface area contributed by atoms with E-state index < -0.39 is 35.9 Å². The maximum Gasteiger partial charge on any atom is 0.471 e. The van der Waals surface area contributed by atoms with Crippen molar-refractivity contribution in [1.29, 1.82) is 0 Å². The van der Waals surface area contributed by atoms with Crippen LogP contribution in [-0.2, 0) is 37.0 Å². The number of carbonyl (C=O) groups excluding carboxylic acids is 3. The first-order valence-electron chi connectivity index (χ1n) is 18.5. The Labute approximate surface area is 312 Å². The van der Waals surface area contributed by atoms with Gasteiger partial charge in [0, 0.05) is 49.9 Å². The van der Waals surface area contributed by atoms with E-state index in [-0.39, 0.29) is 50.2 Å². The Morgan fingerprint density at radius 3 is 2.26 bits per heavy atom. The van der Waals surface area contributed by atoms with Crippen LogP contribution < -0.4 is 15.5 Å². The summed E-state index contributed by atoms with van der Waals surface area (Å²) in [5.74, 6) is -2.59. The molecule has 0 aromatic heterocycles. The highest BCUT2D eigenvalue weighted by atomic mass is 19.4. The molecule has 14 heteroatoms. The number of anilines is 1. The third-order valence-corrected chi connectivity index (χ3v) is 11.4. The number of aliphatic hydroxyl groups excluding tert-OH is 1. The van der Waals surface area contributed by atoms with Crippen LogP contribution in [0.4, 0.5) is 18.9 Å². The van der Waals surface area contributed by atoms with E-state index in [1.54, 1.807) is 0 Å². The van der Waals surface area contributed by atoms with Crippen molar-refractivity contribution in [3.8, 4) is 0 Å². The number of nitrogens with one attached hydrogen (secondary N) is 2. The fourth-order valence-corrected chi connectivity index (χ4v) is 8.27. The van der Waals surface area contributed by atoms with Crippen molar-refractivity contribution in [2.75, 3.05) is 37.7 Å². The summed E-state index contributed by atoms with van der Waals surface area (Å²) in [6, 6.07) is 23.9. The summed E-state index contributed by atoms with van der Waals surface area (Å²) in [4.78, 5) is 43.1. The van der Waals surface area contributed by atoms with Crippen molar-refractivity contribution in [1.82, 2.24) is 20.4 Å². The van der Waals surface area contributed by atoms with Gasteiger partial charge in [0.15, 0.2) is 6.29 Å². The number of piperidine rings is 1. The molecule has 288 valence electrons. The Morgan fingerprint density at radius 2 is 1.59 bits per heavy atom. The van der Waals surface area contributed by atoms with Crippen LogP contribution in [0.25, 0.3) is 0 Å². The van der Waals surface area contributed by atoms with Crippen molar-refractivity contribution in [2.24, 2.45) is 5.92 Å². The zero-order valence-electron chi connectivity index (χ0n) is 30.1. The fraction of sp³-hybridized carbons (Fsp3) is 0.475. The van der Waals surface area contributed by atoms with Gasteiger partial charge in [-0.15, -0.1) is 0 Å². The molecule has 3 N–H and O–H groups in total. The second kappa shape index (κ2) is 15.7. The largest absolute Gasteiger partial charge is 0.471 e. The Kier molecular flexibility index (Phi) is 11.0. The third-order valence-electron chi connectivity index (χ3n) is 11.4. The number of ether oxygens (including phenoxy) is 2. The number of nitrogens with zero attached hydrogens (tertiary/aromatic N) is 3. The normalized spacial score (nSPS) is 25.9. The molecule has 0 radical (unpaired) electrons. The van der Waals surface area contributed by atoms with E-state index in [9.17, 15) is 32.7 Å². The van der Waals surface area contributed by atoms with E-state index in [2.05, 4.69) is 27.4 Å². The molecule has 3 aromatic carbocycles. The van der Waals surface area contributed by atoms with Crippen LogP contribution in [0.15, 0.2) is 78.9 Å². The number of hydrogen-bond donors (Lipinski definition) is 3. The summed E-state index contributed by atoms with van der Waals surface area (Å²) in [5, 5.41) is 15.4. The number of amides is 3. The molecule has 5 atom stereocenters. The molecule has 7 rings (SSSR count). The van der Waals surface area contributed by atoms with E-state index in [0.717, 1.165) is 27.9 Å². The number of halogens is 3. The van der Waals surface area contributed by atoms with Gasteiger partial charge in [-0.05, 0) is 54.5 Å². The van der Waals surface area contributed by atoms with Crippen LogP contribution in [0, 0.1) is 5.92 Å². The van der Waals surface area contributed by atoms with Crippen LogP contribution in [0.5, 0.6) is 0 Å². The molecule has 4 aliphatic rings. The molecule has 4 aliphatic heterocycles. The number of para-hydroxylation sites is 1. The maximum absolute atomic E-state index is 13.3. The fourth-order valence-electron chi connectivity index (χ4n) is 8.27. The van der Waals surface area contributed by atoms with Crippen LogP contribution >= 0.6 is 0 Å². The zero-order chi connectivity index (χ0) is 38.0. The predicted octanol–water partition coefficient (Wildman–Crippen LogP) is 4.57. The molecular formula is C40H46F3N5O6. The van der Waals surface area contributed by atoms with Crippen molar-refractivity contribution in [2.45, 2.75) is 82.0 Å². The molecule has 54 heavy (non-hydrogen) atoms. The van der Waals surface area contributed by atoms with Gasteiger partial charge in [-0.1, -0.05) is 73.7 Å². The monoisotopic (exact) mass is 749 g/mol. The molecule has 0 bridgehead atoms. The minimum absolute atomic E-state index is 0.0402. The number of likely N-dealkylation sites (tertiary alicyclic amines) is 2. The Balaban J connectivity index is 1.03. The van der Waals surface area contributed by atoms with Gasteiger partial charge in [-0.2, -0.15) is 13.2 Å². The number of benzene rings is 3. The van der Waals surface area contributed by atoms with Gasteiger partial charge in [0.2, 0.25) is 11.8 Å². The van der Waals surface area contributed by atoms with Gasteiger partial charge in [-0.3, -0.25) is 14.4 Å². The summed E-state index contributed by atoms with van der Waals surface area (Å²) in [5.41, 5.74) is 3.66. The average molecular weight is 750 g/mol. The number of alkyl halides is 3. The van der Waals surface area contributed by atoms with E-state index >= 15 is 0 Å². The van der Waals surface area contributed by atoms with Crippen molar-refractivity contribution >= 4 is 23.4 Å². The molecule has 11 nitrogen and oxygen atoms in total. The minimum Gasteiger partial charge on any atom is -0.392 e. The number of hydrogen-bond acceptors (Lipinski definition) is 8. The molecule has 0 unspecified atom stereocenters. The lowest BCUT2D eigenvalue weighted by molar-refractivity contribution is -0.276. The Hall–Kier alpha value is -4.50. The average Bonchev–Trinajstić information content (AvgIpc) is 3.80. The van der Waals surface area contributed by atoms with Crippen LogP contribution in [0.3, 0.4) is 0 Å². The van der Waals surface area contributed by atoms with Gasteiger partial charge in [-0.25, -0.2) is 0 Å². The SMILES string of the molecule is C[C@H]1[C@@H](CN2CCC3(CC2)C(=O)NCN3c2ccccc2)O[C@@H](c2ccc(CNC(=O)[C@@H]3CCCN3C(=O)C(F)(F)F)cc2)O[C@H]1c1ccc(CO)cc1. The molecule has 4 fully saturated rings. The lowest BCUT2D eigenvalue weighted by Crippen LogP contribution is -2.57. The smallest absolute Gasteiger partial charge is 0.392 e. The summed E-state index contributed by atoms with van der Waals surface area (Å²) in [7, 11) is 0. The van der Waals surface area contributed by atoms with Crippen LogP contribution in [0.2, 0.25) is 0 Å². The number of rotatable bonds is 9. The van der Waals surface area contributed by atoms with E-state index in [1.165, 1.54) is 0 Å². The topological polar surface area (TPSA) is 124 Å². The first-order valence-corrected chi connectivity index (χ1v) is 18.5. The van der Waals surface area contributed by atoms with E-state index in [0.29, 0.717) is 50.5 Å².